The van der Waals surface area contributed by atoms with E-state index in [0.29, 0.717) is 0 Å². The van der Waals surface area contributed by atoms with E-state index in [0.717, 1.165) is 60.4 Å². The molecule has 1 aromatic carbocycles. The van der Waals surface area contributed by atoms with Gasteiger partial charge in [-0.05, 0) is 55.4 Å². The van der Waals surface area contributed by atoms with Gasteiger partial charge in [0.1, 0.15) is 5.75 Å². The van der Waals surface area contributed by atoms with Gasteiger partial charge in [-0.1, -0.05) is 71.6 Å². The van der Waals surface area contributed by atoms with Crippen molar-refractivity contribution in [2.24, 2.45) is 11.8 Å². The highest BCUT2D eigenvalue weighted by atomic mass is 16.5. The molecule has 1 heterocycles. The summed E-state index contributed by atoms with van der Waals surface area (Å²) in [6.07, 6.45) is 19.8. The van der Waals surface area contributed by atoms with Crippen LogP contribution in [0.2, 0.25) is 0 Å². The second-order valence-electron chi connectivity index (χ2n) is 9.04. The van der Waals surface area contributed by atoms with Crippen molar-refractivity contribution in [3.05, 3.63) is 42.4 Å². The van der Waals surface area contributed by atoms with Crippen LogP contribution in [-0.4, -0.2) is 16.6 Å². The molecule has 3 rings (SSSR count). The lowest BCUT2D eigenvalue weighted by Gasteiger charge is -2.28. The second kappa shape index (κ2) is 12.7. The van der Waals surface area contributed by atoms with Crippen molar-refractivity contribution in [3.63, 3.8) is 0 Å². The predicted molar refractivity (Wildman–Crippen MR) is 126 cm³/mol. The topological polar surface area (TPSA) is 35.0 Å². The molecule has 0 radical (unpaired) electrons. The summed E-state index contributed by atoms with van der Waals surface area (Å²) >= 11 is 0. The Morgan fingerprint density at radius 3 is 2.10 bits per heavy atom. The molecule has 1 aromatic heterocycles. The molecule has 30 heavy (non-hydrogen) atoms. The molecule has 1 aliphatic rings. The molecule has 0 spiro atoms. The summed E-state index contributed by atoms with van der Waals surface area (Å²) in [4.78, 5) is 9.05. The van der Waals surface area contributed by atoms with Crippen LogP contribution >= 0.6 is 0 Å². The lowest BCUT2D eigenvalue weighted by atomic mass is 9.78. The first-order valence-electron chi connectivity index (χ1n) is 12.3. The standard InChI is InChI=1S/C27H40N2O/c1-3-5-6-9-22-11-13-23(14-12-22)10-7-19-30-26-17-15-24(16-18-26)27-21-28-25(8-4-2)20-29-27/h15-18,20-23H,3-14,19H2,1-2H3/t22-,23-. The van der Waals surface area contributed by atoms with Gasteiger partial charge in [0.15, 0.2) is 0 Å². The van der Waals surface area contributed by atoms with E-state index >= 15 is 0 Å². The highest BCUT2D eigenvalue weighted by Gasteiger charge is 2.20. The van der Waals surface area contributed by atoms with Crippen molar-refractivity contribution >= 4 is 0 Å². The first-order valence-corrected chi connectivity index (χ1v) is 12.3. The van der Waals surface area contributed by atoms with Crippen LogP contribution in [0, 0.1) is 11.8 Å². The molecule has 3 nitrogen and oxygen atoms in total. The van der Waals surface area contributed by atoms with Gasteiger partial charge in [0.25, 0.3) is 0 Å². The number of aryl methyl sites for hydroxylation is 1. The van der Waals surface area contributed by atoms with E-state index in [9.17, 15) is 0 Å². The minimum atomic E-state index is 0.821. The van der Waals surface area contributed by atoms with Gasteiger partial charge >= 0.3 is 0 Å². The molecular formula is C27H40N2O. The van der Waals surface area contributed by atoms with E-state index < -0.39 is 0 Å². The van der Waals surface area contributed by atoms with Crippen LogP contribution < -0.4 is 4.74 Å². The SMILES string of the molecule is CCCCC[C@H]1CC[C@H](CCCOc2ccc(-c3cnc(CCC)cn3)cc2)CC1. The van der Waals surface area contributed by atoms with Crippen molar-refractivity contribution in [3.8, 4) is 17.0 Å². The van der Waals surface area contributed by atoms with E-state index in [1.165, 1.54) is 57.8 Å². The number of ether oxygens (including phenoxy) is 1. The third kappa shape index (κ3) is 7.41. The molecule has 0 aliphatic heterocycles. The summed E-state index contributed by atoms with van der Waals surface area (Å²) in [6.45, 7) is 5.28. The first-order chi connectivity index (χ1) is 14.8. The van der Waals surface area contributed by atoms with E-state index in [4.69, 9.17) is 4.74 Å². The summed E-state index contributed by atoms with van der Waals surface area (Å²) in [5.41, 5.74) is 3.08. The number of benzene rings is 1. The van der Waals surface area contributed by atoms with Crippen molar-refractivity contribution in [1.29, 1.82) is 0 Å². The number of nitrogens with zero attached hydrogens (tertiary/aromatic N) is 2. The quantitative estimate of drug-likeness (QED) is 0.338. The van der Waals surface area contributed by atoms with E-state index in [1.54, 1.807) is 0 Å². The Balaban J connectivity index is 1.33. The molecule has 2 aromatic rings. The lowest BCUT2D eigenvalue weighted by molar-refractivity contribution is 0.228. The van der Waals surface area contributed by atoms with Gasteiger partial charge in [0, 0.05) is 11.8 Å². The lowest BCUT2D eigenvalue weighted by Crippen LogP contribution is -2.15. The van der Waals surface area contributed by atoms with Crippen molar-refractivity contribution in [2.75, 3.05) is 6.61 Å². The van der Waals surface area contributed by atoms with Gasteiger partial charge in [-0.15, -0.1) is 0 Å². The van der Waals surface area contributed by atoms with Crippen LogP contribution in [0.25, 0.3) is 11.3 Å². The van der Waals surface area contributed by atoms with E-state index in [2.05, 4.69) is 48.1 Å². The molecule has 0 N–H and O–H groups in total. The van der Waals surface area contributed by atoms with Crippen LogP contribution in [0.1, 0.15) is 90.2 Å². The zero-order chi connectivity index (χ0) is 21.0. The van der Waals surface area contributed by atoms with Crippen molar-refractivity contribution in [2.45, 2.75) is 90.9 Å². The molecule has 0 saturated heterocycles. The molecule has 0 unspecified atom stereocenters. The molecule has 0 bridgehead atoms. The smallest absolute Gasteiger partial charge is 0.119 e. The van der Waals surface area contributed by atoms with Gasteiger partial charge in [0.05, 0.1) is 24.2 Å². The van der Waals surface area contributed by atoms with Crippen LogP contribution in [0.5, 0.6) is 5.75 Å². The largest absolute Gasteiger partial charge is 0.494 e. The van der Waals surface area contributed by atoms with Gasteiger partial charge in [-0.2, -0.15) is 0 Å². The fourth-order valence-corrected chi connectivity index (χ4v) is 4.66. The monoisotopic (exact) mass is 408 g/mol. The summed E-state index contributed by atoms with van der Waals surface area (Å²) in [7, 11) is 0. The molecular weight excluding hydrogens is 368 g/mol. The molecule has 0 atom stereocenters. The molecule has 3 heteroatoms. The Morgan fingerprint density at radius 1 is 0.800 bits per heavy atom. The summed E-state index contributed by atoms with van der Waals surface area (Å²) in [5.74, 6) is 2.89. The van der Waals surface area contributed by atoms with Gasteiger partial charge in [-0.25, -0.2) is 0 Å². The van der Waals surface area contributed by atoms with Crippen molar-refractivity contribution in [1.82, 2.24) is 9.97 Å². The normalized spacial score (nSPS) is 19.0. The highest BCUT2D eigenvalue weighted by molar-refractivity contribution is 5.58. The van der Waals surface area contributed by atoms with Crippen LogP contribution in [0.3, 0.4) is 0 Å². The third-order valence-corrected chi connectivity index (χ3v) is 6.57. The Kier molecular flexibility index (Phi) is 9.66. The summed E-state index contributed by atoms with van der Waals surface area (Å²) < 4.78 is 5.99. The third-order valence-electron chi connectivity index (χ3n) is 6.57. The molecule has 1 saturated carbocycles. The van der Waals surface area contributed by atoms with Gasteiger partial charge < -0.3 is 4.74 Å². The maximum absolute atomic E-state index is 5.99. The Labute approximate surface area is 183 Å². The maximum atomic E-state index is 5.99. The Bertz CT molecular complexity index is 703. The zero-order valence-corrected chi connectivity index (χ0v) is 19.1. The fourth-order valence-electron chi connectivity index (χ4n) is 4.66. The number of aromatic nitrogens is 2. The van der Waals surface area contributed by atoms with Gasteiger partial charge in [-0.3, -0.25) is 9.97 Å². The zero-order valence-electron chi connectivity index (χ0n) is 19.1. The van der Waals surface area contributed by atoms with Crippen LogP contribution in [-0.2, 0) is 6.42 Å². The first kappa shape index (κ1) is 22.8. The molecule has 1 fully saturated rings. The molecule has 1 aliphatic carbocycles. The van der Waals surface area contributed by atoms with Crippen LogP contribution in [0.15, 0.2) is 36.7 Å². The summed E-state index contributed by atoms with van der Waals surface area (Å²) in [6, 6.07) is 8.27. The molecule has 164 valence electrons. The number of rotatable bonds is 12. The van der Waals surface area contributed by atoms with E-state index in [1.807, 2.05) is 12.4 Å². The average Bonchev–Trinajstić information content (AvgIpc) is 2.79. The second-order valence-corrected chi connectivity index (χ2v) is 9.04. The molecule has 0 amide bonds. The number of unbranched alkanes of at least 4 members (excludes halogenated alkanes) is 2. The average molecular weight is 409 g/mol. The Morgan fingerprint density at radius 2 is 1.50 bits per heavy atom. The Hall–Kier alpha value is -1.90. The summed E-state index contributed by atoms with van der Waals surface area (Å²) in [5, 5.41) is 0. The van der Waals surface area contributed by atoms with Crippen molar-refractivity contribution < 1.29 is 4.74 Å². The number of hydrogen-bond acceptors (Lipinski definition) is 3. The van der Waals surface area contributed by atoms with E-state index in [-0.39, 0.29) is 0 Å². The minimum Gasteiger partial charge on any atom is -0.494 e. The van der Waals surface area contributed by atoms with Crippen LogP contribution in [0.4, 0.5) is 0 Å². The maximum Gasteiger partial charge on any atom is 0.119 e. The van der Waals surface area contributed by atoms with Gasteiger partial charge in [0.2, 0.25) is 0 Å². The number of hydrogen-bond donors (Lipinski definition) is 0. The predicted octanol–water partition coefficient (Wildman–Crippen LogP) is 7.64. The highest BCUT2D eigenvalue weighted by Crippen LogP contribution is 2.34. The minimum absolute atomic E-state index is 0.821. The fraction of sp³-hybridized carbons (Fsp3) is 0.630.